The first kappa shape index (κ1) is 18.6. The Kier molecular flexibility index (Phi) is 5.73. The molecule has 0 bridgehead atoms. The second-order valence-corrected chi connectivity index (χ2v) is 8.26. The van der Waals surface area contributed by atoms with Gasteiger partial charge in [0.15, 0.2) is 0 Å². The Balaban J connectivity index is 1.72. The molecule has 1 aromatic heterocycles. The van der Waals surface area contributed by atoms with Crippen molar-refractivity contribution in [2.75, 3.05) is 43.4 Å². The van der Waals surface area contributed by atoms with E-state index in [1.807, 2.05) is 37.3 Å². The van der Waals surface area contributed by atoms with Gasteiger partial charge in [0.05, 0.1) is 18.1 Å². The standard InChI is InChI=1S/C18H24N4O3S/c1-3-25-16-7-5-15(6-8-16)17-13-18(20-14-19-17)21-9-11-22(12-10-21)26(23,24)4-2/h5-8,13-14H,3-4,9-12H2,1-2H3. The molecular weight excluding hydrogens is 352 g/mol. The third kappa shape index (κ3) is 4.13. The van der Waals surface area contributed by atoms with Crippen LogP contribution in [0.4, 0.5) is 5.82 Å². The van der Waals surface area contributed by atoms with E-state index in [9.17, 15) is 8.42 Å². The first-order valence-electron chi connectivity index (χ1n) is 8.81. The minimum absolute atomic E-state index is 0.141. The number of anilines is 1. The highest BCUT2D eigenvalue weighted by atomic mass is 32.2. The molecule has 0 atom stereocenters. The third-order valence-electron chi connectivity index (χ3n) is 4.43. The zero-order valence-corrected chi connectivity index (χ0v) is 15.9. The first-order valence-corrected chi connectivity index (χ1v) is 10.4. The number of nitrogens with zero attached hydrogens (tertiary/aromatic N) is 4. The maximum absolute atomic E-state index is 12.0. The normalized spacial score (nSPS) is 15.8. The van der Waals surface area contributed by atoms with Gasteiger partial charge in [0.1, 0.15) is 17.9 Å². The molecular formula is C18H24N4O3S. The molecule has 0 unspecified atom stereocenters. The summed E-state index contributed by atoms with van der Waals surface area (Å²) in [6, 6.07) is 9.75. The van der Waals surface area contributed by atoms with Gasteiger partial charge in [-0.15, -0.1) is 0 Å². The maximum Gasteiger partial charge on any atom is 0.213 e. The fraction of sp³-hybridized carbons (Fsp3) is 0.444. The monoisotopic (exact) mass is 376 g/mol. The summed E-state index contributed by atoms with van der Waals surface area (Å²) < 4.78 is 31.0. The molecule has 0 saturated carbocycles. The van der Waals surface area contributed by atoms with Gasteiger partial charge in [0.2, 0.25) is 10.0 Å². The second-order valence-electron chi connectivity index (χ2n) is 6.01. The van der Waals surface area contributed by atoms with Crippen LogP contribution in [-0.2, 0) is 10.0 Å². The SMILES string of the molecule is CCOc1ccc(-c2cc(N3CCN(S(=O)(=O)CC)CC3)ncn2)cc1. The van der Waals surface area contributed by atoms with E-state index >= 15 is 0 Å². The molecule has 1 fully saturated rings. The molecule has 0 N–H and O–H groups in total. The van der Waals surface area contributed by atoms with E-state index in [0.717, 1.165) is 22.8 Å². The summed E-state index contributed by atoms with van der Waals surface area (Å²) in [5, 5.41) is 0. The Labute approximate surface area is 154 Å². The predicted octanol–water partition coefficient (Wildman–Crippen LogP) is 2.01. The van der Waals surface area contributed by atoms with Crippen LogP contribution < -0.4 is 9.64 Å². The van der Waals surface area contributed by atoms with E-state index in [1.54, 1.807) is 17.6 Å². The molecule has 0 radical (unpaired) electrons. The summed E-state index contributed by atoms with van der Waals surface area (Å²) in [6.45, 7) is 6.48. The van der Waals surface area contributed by atoms with Gasteiger partial charge in [-0.2, -0.15) is 4.31 Å². The molecule has 0 spiro atoms. The van der Waals surface area contributed by atoms with Gasteiger partial charge in [-0.3, -0.25) is 0 Å². The van der Waals surface area contributed by atoms with E-state index in [-0.39, 0.29) is 5.75 Å². The molecule has 7 nitrogen and oxygen atoms in total. The Hall–Kier alpha value is -2.19. The lowest BCUT2D eigenvalue weighted by Gasteiger charge is -2.34. The summed E-state index contributed by atoms with van der Waals surface area (Å²) in [7, 11) is -3.12. The molecule has 0 aliphatic carbocycles. The van der Waals surface area contributed by atoms with Crippen molar-refractivity contribution >= 4 is 15.8 Å². The van der Waals surface area contributed by atoms with Crippen LogP contribution in [0.25, 0.3) is 11.3 Å². The van der Waals surface area contributed by atoms with Gasteiger partial charge in [-0.25, -0.2) is 18.4 Å². The van der Waals surface area contributed by atoms with E-state index in [4.69, 9.17) is 4.74 Å². The van der Waals surface area contributed by atoms with Crippen LogP contribution in [0.5, 0.6) is 5.75 Å². The van der Waals surface area contributed by atoms with Crippen LogP contribution in [-0.4, -0.2) is 61.2 Å². The molecule has 3 rings (SSSR count). The van der Waals surface area contributed by atoms with Crippen LogP contribution in [0.2, 0.25) is 0 Å². The van der Waals surface area contributed by atoms with Crippen molar-refractivity contribution in [3.05, 3.63) is 36.7 Å². The van der Waals surface area contributed by atoms with Gasteiger partial charge in [-0.05, 0) is 38.1 Å². The van der Waals surface area contributed by atoms with Crippen molar-refractivity contribution in [2.24, 2.45) is 0 Å². The topological polar surface area (TPSA) is 75.6 Å². The minimum Gasteiger partial charge on any atom is -0.494 e. The van der Waals surface area contributed by atoms with Crippen molar-refractivity contribution in [1.82, 2.24) is 14.3 Å². The zero-order chi connectivity index (χ0) is 18.6. The van der Waals surface area contributed by atoms with Crippen LogP contribution in [0.15, 0.2) is 36.7 Å². The van der Waals surface area contributed by atoms with E-state index in [1.165, 1.54) is 0 Å². The molecule has 1 aliphatic heterocycles. The Morgan fingerprint density at radius 1 is 1.04 bits per heavy atom. The first-order chi connectivity index (χ1) is 12.5. The number of hydrogen-bond donors (Lipinski definition) is 0. The fourth-order valence-electron chi connectivity index (χ4n) is 2.94. The largest absolute Gasteiger partial charge is 0.494 e. The van der Waals surface area contributed by atoms with Gasteiger partial charge in [0, 0.05) is 37.8 Å². The highest BCUT2D eigenvalue weighted by molar-refractivity contribution is 7.89. The van der Waals surface area contributed by atoms with Crippen molar-refractivity contribution in [2.45, 2.75) is 13.8 Å². The molecule has 8 heteroatoms. The van der Waals surface area contributed by atoms with Gasteiger partial charge in [0.25, 0.3) is 0 Å². The van der Waals surface area contributed by atoms with Crippen molar-refractivity contribution in [1.29, 1.82) is 0 Å². The van der Waals surface area contributed by atoms with Crippen LogP contribution in [0.1, 0.15) is 13.8 Å². The average Bonchev–Trinajstić information content (AvgIpc) is 2.69. The van der Waals surface area contributed by atoms with E-state index in [0.29, 0.717) is 32.8 Å². The maximum atomic E-state index is 12.0. The lowest BCUT2D eigenvalue weighted by Crippen LogP contribution is -2.49. The minimum atomic E-state index is -3.12. The number of rotatable bonds is 6. The highest BCUT2D eigenvalue weighted by Gasteiger charge is 2.26. The van der Waals surface area contributed by atoms with E-state index < -0.39 is 10.0 Å². The van der Waals surface area contributed by atoms with Crippen molar-refractivity contribution in [3.8, 4) is 17.0 Å². The van der Waals surface area contributed by atoms with Gasteiger partial charge in [-0.1, -0.05) is 0 Å². The molecule has 1 aromatic carbocycles. The quantitative estimate of drug-likeness (QED) is 0.768. The average molecular weight is 376 g/mol. The van der Waals surface area contributed by atoms with Gasteiger partial charge < -0.3 is 9.64 Å². The van der Waals surface area contributed by atoms with Crippen LogP contribution in [0, 0.1) is 0 Å². The van der Waals surface area contributed by atoms with Crippen LogP contribution in [0.3, 0.4) is 0 Å². The third-order valence-corrected chi connectivity index (χ3v) is 6.32. The Morgan fingerprint density at radius 3 is 2.35 bits per heavy atom. The summed E-state index contributed by atoms with van der Waals surface area (Å²) in [4.78, 5) is 10.8. The predicted molar refractivity (Wildman–Crippen MR) is 102 cm³/mol. The molecule has 0 amide bonds. The number of sulfonamides is 1. The summed E-state index contributed by atoms with van der Waals surface area (Å²) in [5.41, 5.74) is 1.82. The fourth-order valence-corrected chi connectivity index (χ4v) is 4.03. The lowest BCUT2D eigenvalue weighted by molar-refractivity contribution is 0.340. The van der Waals surface area contributed by atoms with Crippen molar-refractivity contribution in [3.63, 3.8) is 0 Å². The number of benzene rings is 1. The highest BCUT2D eigenvalue weighted by Crippen LogP contribution is 2.24. The molecule has 1 saturated heterocycles. The molecule has 2 aromatic rings. The zero-order valence-electron chi connectivity index (χ0n) is 15.1. The number of ether oxygens (including phenoxy) is 1. The summed E-state index contributed by atoms with van der Waals surface area (Å²) >= 11 is 0. The second kappa shape index (κ2) is 8.01. The molecule has 1 aliphatic rings. The van der Waals surface area contributed by atoms with Crippen LogP contribution >= 0.6 is 0 Å². The smallest absolute Gasteiger partial charge is 0.213 e. The van der Waals surface area contributed by atoms with E-state index in [2.05, 4.69) is 14.9 Å². The number of hydrogen-bond acceptors (Lipinski definition) is 6. The Bertz CT molecular complexity index is 832. The van der Waals surface area contributed by atoms with Crippen molar-refractivity contribution < 1.29 is 13.2 Å². The van der Waals surface area contributed by atoms with Gasteiger partial charge >= 0.3 is 0 Å². The molecule has 26 heavy (non-hydrogen) atoms. The lowest BCUT2D eigenvalue weighted by atomic mass is 10.1. The number of aromatic nitrogens is 2. The summed E-state index contributed by atoms with van der Waals surface area (Å²) in [6.07, 6.45) is 1.55. The molecule has 2 heterocycles. The Morgan fingerprint density at radius 2 is 1.73 bits per heavy atom. The summed E-state index contributed by atoms with van der Waals surface area (Å²) in [5.74, 6) is 1.79. The number of piperazine rings is 1. The molecule has 140 valence electrons.